The number of nitrogens with one attached hydrogen (secondary N) is 2. The molecule has 0 aliphatic heterocycles. The fraction of sp³-hybridized carbons (Fsp3) is 0.294. The number of rotatable bonds is 5. The SMILES string of the molecule is CN=C(NCc1ccc(F)cc1)NCc1cccc(N(C)C)n1.I. The lowest BCUT2D eigenvalue weighted by Crippen LogP contribution is -2.36. The summed E-state index contributed by atoms with van der Waals surface area (Å²) in [6.07, 6.45) is 0. The smallest absolute Gasteiger partial charge is 0.191 e. The van der Waals surface area contributed by atoms with Crippen LogP contribution in [0.25, 0.3) is 0 Å². The van der Waals surface area contributed by atoms with Crippen LogP contribution >= 0.6 is 24.0 Å². The first kappa shape index (κ1) is 20.1. The van der Waals surface area contributed by atoms with Gasteiger partial charge in [-0.1, -0.05) is 18.2 Å². The van der Waals surface area contributed by atoms with Gasteiger partial charge in [-0.05, 0) is 29.8 Å². The molecule has 0 saturated heterocycles. The summed E-state index contributed by atoms with van der Waals surface area (Å²) in [6.45, 7) is 1.15. The van der Waals surface area contributed by atoms with E-state index in [2.05, 4.69) is 20.6 Å². The van der Waals surface area contributed by atoms with Gasteiger partial charge in [0, 0.05) is 27.7 Å². The van der Waals surface area contributed by atoms with Crippen LogP contribution in [0.5, 0.6) is 0 Å². The van der Waals surface area contributed by atoms with Gasteiger partial charge in [-0.3, -0.25) is 4.99 Å². The Hall–Kier alpha value is -1.90. The second-order valence-electron chi connectivity index (χ2n) is 5.29. The van der Waals surface area contributed by atoms with Crippen LogP contribution in [0.4, 0.5) is 10.2 Å². The van der Waals surface area contributed by atoms with E-state index in [4.69, 9.17) is 0 Å². The van der Waals surface area contributed by atoms with Gasteiger partial charge in [0.15, 0.2) is 5.96 Å². The van der Waals surface area contributed by atoms with Gasteiger partial charge >= 0.3 is 0 Å². The minimum absolute atomic E-state index is 0. The van der Waals surface area contributed by atoms with E-state index in [-0.39, 0.29) is 29.8 Å². The summed E-state index contributed by atoms with van der Waals surface area (Å²) >= 11 is 0. The minimum atomic E-state index is -0.233. The Morgan fingerprint density at radius 2 is 1.75 bits per heavy atom. The first-order valence-corrected chi connectivity index (χ1v) is 7.40. The molecule has 1 heterocycles. The van der Waals surface area contributed by atoms with Gasteiger partial charge in [0.25, 0.3) is 0 Å². The van der Waals surface area contributed by atoms with Gasteiger partial charge in [-0.2, -0.15) is 0 Å². The Labute approximate surface area is 159 Å². The van der Waals surface area contributed by atoms with Crippen molar-refractivity contribution >= 4 is 35.8 Å². The number of halogens is 2. The molecule has 0 bridgehead atoms. The molecule has 2 rings (SSSR count). The molecular formula is C17H23FIN5. The number of aromatic nitrogens is 1. The zero-order chi connectivity index (χ0) is 16.7. The molecule has 0 spiro atoms. The van der Waals surface area contributed by atoms with Crippen LogP contribution in [-0.4, -0.2) is 32.1 Å². The summed E-state index contributed by atoms with van der Waals surface area (Å²) in [6, 6.07) is 12.3. The highest BCUT2D eigenvalue weighted by Crippen LogP contribution is 2.07. The summed E-state index contributed by atoms with van der Waals surface area (Å²) in [4.78, 5) is 10.7. The van der Waals surface area contributed by atoms with Crippen molar-refractivity contribution in [1.29, 1.82) is 0 Å². The molecule has 1 aromatic heterocycles. The molecule has 0 radical (unpaired) electrons. The highest BCUT2D eigenvalue weighted by atomic mass is 127. The molecule has 0 amide bonds. The fourth-order valence-electron chi connectivity index (χ4n) is 2.00. The van der Waals surface area contributed by atoms with Crippen molar-refractivity contribution < 1.29 is 4.39 Å². The third-order valence-corrected chi connectivity index (χ3v) is 3.28. The van der Waals surface area contributed by atoms with Crippen LogP contribution in [0, 0.1) is 5.82 Å². The summed E-state index contributed by atoms with van der Waals surface area (Å²) in [5, 5.41) is 6.41. The second kappa shape index (κ2) is 10.1. The monoisotopic (exact) mass is 443 g/mol. The third kappa shape index (κ3) is 6.31. The largest absolute Gasteiger partial charge is 0.363 e. The summed E-state index contributed by atoms with van der Waals surface area (Å²) < 4.78 is 12.9. The van der Waals surface area contributed by atoms with Crippen LogP contribution in [-0.2, 0) is 13.1 Å². The van der Waals surface area contributed by atoms with E-state index in [1.807, 2.05) is 37.2 Å². The first-order valence-electron chi connectivity index (χ1n) is 7.40. The number of hydrogen-bond acceptors (Lipinski definition) is 3. The maximum absolute atomic E-state index is 12.9. The summed E-state index contributed by atoms with van der Waals surface area (Å²) in [5.41, 5.74) is 1.92. The number of aliphatic imine (C=N–C) groups is 1. The van der Waals surface area contributed by atoms with E-state index in [1.54, 1.807) is 19.2 Å². The maximum Gasteiger partial charge on any atom is 0.191 e. The molecule has 0 atom stereocenters. The molecule has 2 N–H and O–H groups in total. The predicted molar refractivity (Wildman–Crippen MR) is 107 cm³/mol. The molecule has 0 fully saturated rings. The van der Waals surface area contributed by atoms with Crippen LogP contribution in [0.15, 0.2) is 47.5 Å². The van der Waals surface area contributed by atoms with Gasteiger partial charge in [-0.25, -0.2) is 9.37 Å². The first-order chi connectivity index (χ1) is 11.1. The molecule has 0 saturated carbocycles. The molecule has 24 heavy (non-hydrogen) atoms. The second-order valence-corrected chi connectivity index (χ2v) is 5.29. The lowest BCUT2D eigenvalue weighted by atomic mass is 10.2. The van der Waals surface area contributed by atoms with Gasteiger partial charge in [0.1, 0.15) is 11.6 Å². The zero-order valence-electron chi connectivity index (χ0n) is 14.1. The molecule has 1 aromatic carbocycles. The minimum Gasteiger partial charge on any atom is -0.363 e. The number of hydrogen-bond donors (Lipinski definition) is 2. The van der Waals surface area contributed by atoms with Gasteiger partial charge < -0.3 is 15.5 Å². The fourth-order valence-corrected chi connectivity index (χ4v) is 2.00. The Kier molecular flexibility index (Phi) is 8.45. The molecule has 130 valence electrons. The van der Waals surface area contributed by atoms with E-state index in [1.165, 1.54) is 12.1 Å². The van der Waals surface area contributed by atoms with Gasteiger partial charge in [0.2, 0.25) is 0 Å². The van der Waals surface area contributed by atoms with Crippen molar-refractivity contribution in [3.05, 3.63) is 59.5 Å². The van der Waals surface area contributed by atoms with Crippen molar-refractivity contribution in [1.82, 2.24) is 15.6 Å². The number of anilines is 1. The molecule has 0 aliphatic rings. The van der Waals surface area contributed by atoms with Crippen molar-refractivity contribution in [3.8, 4) is 0 Å². The summed E-state index contributed by atoms with van der Waals surface area (Å²) in [5.74, 6) is 1.35. The lowest BCUT2D eigenvalue weighted by Gasteiger charge is -2.14. The molecular weight excluding hydrogens is 420 g/mol. The topological polar surface area (TPSA) is 52.6 Å². The molecule has 0 aliphatic carbocycles. The quantitative estimate of drug-likeness (QED) is 0.424. The van der Waals surface area contributed by atoms with E-state index >= 15 is 0 Å². The van der Waals surface area contributed by atoms with E-state index in [9.17, 15) is 4.39 Å². The number of nitrogens with zero attached hydrogens (tertiary/aromatic N) is 3. The Morgan fingerprint density at radius 3 is 2.38 bits per heavy atom. The van der Waals surface area contributed by atoms with Crippen LogP contribution in [0.3, 0.4) is 0 Å². The van der Waals surface area contributed by atoms with Crippen molar-refractivity contribution in [2.24, 2.45) is 4.99 Å². The normalized spacial score (nSPS) is 10.8. The highest BCUT2D eigenvalue weighted by molar-refractivity contribution is 14.0. The third-order valence-electron chi connectivity index (χ3n) is 3.28. The standard InChI is InChI=1S/C17H22FN5.HI/c1-19-17(20-11-13-7-9-14(18)10-8-13)21-12-15-5-4-6-16(22-15)23(2)3;/h4-10H,11-12H2,1-3H3,(H2,19,20,21);1H. The number of guanidine groups is 1. The Morgan fingerprint density at radius 1 is 1.08 bits per heavy atom. The van der Waals surface area contributed by atoms with Crippen molar-refractivity contribution in [3.63, 3.8) is 0 Å². The van der Waals surface area contributed by atoms with Gasteiger partial charge in [0.05, 0.1) is 12.2 Å². The van der Waals surface area contributed by atoms with Gasteiger partial charge in [-0.15, -0.1) is 24.0 Å². The molecule has 2 aromatic rings. The maximum atomic E-state index is 12.9. The number of pyridine rings is 1. The highest BCUT2D eigenvalue weighted by Gasteiger charge is 2.02. The average Bonchev–Trinajstić information content (AvgIpc) is 2.57. The Bertz CT molecular complexity index is 658. The van der Waals surface area contributed by atoms with Crippen LogP contribution in [0.2, 0.25) is 0 Å². The van der Waals surface area contributed by atoms with Crippen molar-refractivity contribution in [2.45, 2.75) is 13.1 Å². The summed E-state index contributed by atoms with van der Waals surface area (Å²) in [7, 11) is 5.63. The number of benzene rings is 1. The van der Waals surface area contributed by atoms with E-state index in [0.29, 0.717) is 19.0 Å². The van der Waals surface area contributed by atoms with Crippen molar-refractivity contribution in [2.75, 3.05) is 26.0 Å². The lowest BCUT2D eigenvalue weighted by molar-refractivity contribution is 0.626. The Balaban J connectivity index is 0.00000288. The molecule has 5 nitrogen and oxygen atoms in total. The van der Waals surface area contributed by atoms with E-state index in [0.717, 1.165) is 17.1 Å². The zero-order valence-corrected chi connectivity index (χ0v) is 16.4. The molecule has 7 heteroatoms. The predicted octanol–water partition coefficient (Wildman–Crippen LogP) is 2.77. The molecule has 0 unspecified atom stereocenters. The van der Waals surface area contributed by atoms with Crippen LogP contribution < -0.4 is 15.5 Å². The average molecular weight is 443 g/mol. The van der Waals surface area contributed by atoms with Crippen LogP contribution in [0.1, 0.15) is 11.3 Å². The van der Waals surface area contributed by atoms with E-state index < -0.39 is 0 Å².